The predicted octanol–water partition coefficient (Wildman–Crippen LogP) is 4.51. The molecule has 1 aromatic carbocycles. The van der Waals surface area contributed by atoms with Gasteiger partial charge in [-0.25, -0.2) is 4.98 Å². The molecule has 104 valence electrons. The number of nitrogens with zero attached hydrogens (tertiary/aromatic N) is 3. The van der Waals surface area contributed by atoms with E-state index in [1.807, 2.05) is 0 Å². The fourth-order valence-corrected chi connectivity index (χ4v) is 2.19. The average Bonchev–Trinajstić information content (AvgIpc) is 2.32. The molecule has 2 aromatic rings. The number of benzene rings is 1. The molecule has 0 saturated carbocycles. The van der Waals surface area contributed by atoms with Gasteiger partial charge in [-0.05, 0) is 52.7 Å². The van der Waals surface area contributed by atoms with E-state index in [0.717, 1.165) is 4.47 Å². The monoisotopic (exact) mass is 376 g/mol. The van der Waals surface area contributed by atoms with Crippen molar-refractivity contribution in [2.45, 2.75) is 6.92 Å². The molecule has 1 heterocycles. The maximum atomic E-state index is 11.1. The van der Waals surface area contributed by atoms with Crippen LogP contribution in [0.25, 0.3) is 0 Å². The number of nitro groups is 1. The number of rotatable bonds is 3. The summed E-state index contributed by atoms with van der Waals surface area (Å²) in [6.07, 6.45) is 0. The first-order valence-electron chi connectivity index (χ1n) is 5.29. The van der Waals surface area contributed by atoms with Crippen molar-refractivity contribution in [3.8, 4) is 0 Å². The molecule has 0 aliphatic carbocycles. The Labute approximate surface area is 132 Å². The Kier molecular flexibility index (Phi) is 4.42. The Morgan fingerprint density at radius 3 is 2.65 bits per heavy atom. The van der Waals surface area contributed by atoms with Gasteiger partial charge in [-0.15, -0.1) is 0 Å². The maximum absolute atomic E-state index is 11.1. The number of aromatic nitrogens is 2. The zero-order chi connectivity index (χ0) is 14.9. The molecule has 0 unspecified atom stereocenters. The van der Waals surface area contributed by atoms with Crippen molar-refractivity contribution in [3.63, 3.8) is 0 Å². The van der Waals surface area contributed by atoms with E-state index in [4.69, 9.17) is 23.2 Å². The van der Waals surface area contributed by atoms with Crippen LogP contribution in [0, 0.1) is 17.0 Å². The molecule has 0 fully saturated rings. The summed E-state index contributed by atoms with van der Waals surface area (Å²) in [6, 6.07) is 5.03. The van der Waals surface area contributed by atoms with Crippen LogP contribution in [0.3, 0.4) is 0 Å². The molecule has 6 nitrogen and oxygen atoms in total. The second-order valence-corrected chi connectivity index (χ2v) is 5.39. The lowest BCUT2D eigenvalue weighted by atomic mass is 10.3. The van der Waals surface area contributed by atoms with Crippen LogP contribution in [0.4, 0.5) is 17.2 Å². The van der Waals surface area contributed by atoms with Gasteiger partial charge in [0.2, 0.25) is 11.1 Å². The van der Waals surface area contributed by atoms with Crippen molar-refractivity contribution < 1.29 is 4.92 Å². The number of aryl methyl sites for hydroxylation is 1. The molecule has 0 amide bonds. The van der Waals surface area contributed by atoms with Gasteiger partial charge in [-0.1, -0.05) is 11.6 Å². The second kappa shape index (κ2) is 5.90. The zero-order valence-corrected chi connectivity index (χ0v) is 13.1. The van der Waals surface area contributed by atoms with Gasteiger partial charge in [0.05, 0.1) is 9.95 Å². The first kappa shape index (κ1) is 15.0. The van der Waals surface area contributed by atoms with Crippen LogP contribution in [-0.2, 0) is 0 Å². The van der Waals surface area contributed by atoms with Crippen molar-refractivity contribution in [1.29, 1.82) is 0 Å². The third-order valence-electron chi connectivity index (χ3n) is 2.40. The first-order chi connectivity index (χ1) is 9.38. The summed E-state index contributed by atoms with van der Waals surface area (Å²) in [4.78, 5) is 18.1. The summed E-state index contributed by atoms with van der Waals surface area (Å²) >= 11 is 15.0. The Balaban J connectivity index is 2.47. The van der Waals surface area contributed by atoms with Crippen molar-refractivity contribution in [1.82, 2.24) is 9.97 Å². The Hall–Kier alpha value is -1.44. The molecule has 20 heavy (non-hydrogen) atoms. The normalized spacial score (nSPS) is 10.4. The molecule has 0 spiro atoms. The smallest absolute Gasteiger partial charge is 0.332 e. The first-order valence-corrected chi connectivity index (χ1v) is 6.84. The van der Waals surface area contributed by atoms with Gasteiger partial charge < -0.3 is 5.32 Å². The second-order valence-electron chi connectivity index (χ2n) is 3.79. The van der Waals surface area contributed by atoms with Gasteiger partial charge in [-0.2, -0.15) is 4.98 Å². The van der Waals surface area contributed by atoms with Crippen LogP contribution in [-0.4, -0.2) is 14.9 Å². The van der Waals surface area contributed by atoms with Crippen LogP contribution < -0.4 is 5.32 Å². The fourth-order valence-electron chi connectivity index (χ4n) is 1.55. The number of hydrogen-bond acceptors (Lipinski definition) is 5. The molecule has 2 rings (SSSR count). The van der Waals surface area contributed by atoms with Crippen molar-refractivity contribution >= 4 is 56.3 Å². The van der Waals surface area contributed by atoms with Crippen LogP contribution in [0.5, 0.6) is 0 Å². The molecule has 0 bridgehead atoms. The Bertz CT molecular complexity index is 696. The molecule has 0 atom stereocenters. The largest absolute Gasteiger partial charge is 0.334 e. The van der Waals surface area contributed by atoms with Crippen LogP contribution in [0.15, 0.2) is 22.7 Å². The molecule has 0 saturated heterocycles. The molecule has 1 N–H and O–H groups in total. The van der Waals surface area contributed by atoms with Gasteiger partial charge in [-0.3, -0.25) is 10.1 Å². The van der Waals surface area contributed by atoms with Crippen molar-refractivity contribution in [2.24, 2.45) is 0 Å². The van der Waals surface area contributed by atoms with E-state index in [-0.39, 0.29) is 22.5 Å². The zero-order valence-electron chi connectivity index (χ0n) is 10.0. The summed E-state index contributed by atoms with van der Waals surface area (Å²) in [7, 11) is 0. The summed E-state index contributed by atoms with van der Waals surface area (Å²) in [5.74, 6) is 0.0193. The lowest BCUT2D eigenvalue weighted by Gasteiger charge is -2.08. The maximum Gasteiger partial charge on any atom is 0.332 e. The van der Waals surface area contributed by atoms with Crippen LogP contribution in [0.2, 0.25) is 10.3 Å². The fraction of sp³-hybridized carbons (Fsp3) is 0.0909. The summed E-state index contributed by atoms with van der Waals surface area (Å²) in [5, 5.41) is 14.3. The summed E-state index contributed by atoms with van der Waals surface area (Å²) in [6.45, 7) is 1.49. The topological polar surface area (TPSA) is 81.0 Å². The van der Waals surface area contributed by atoms with E-state index in [1.165, 1.54) is 6.92 Å². The lowest BCUT2D eigenvalue weighted by Crippen LogP contribution is -2.04. The minimum absolute atomic E-state index is 0.0193. The molecule has 1 aromatic heterocycles. The van der Waals surface area contributed by atoms with E-state index < -0.39 is 4.92 Å². The van der Waals surface area contributed by atoms with E-state index in [9.17, 15) is 10.1 Å². The lowest BCUT2D eigenvalue weighted by molar-refractivity contribution is -0.385. The predicted molar refractivity (Wildman–Crippen MR) is 80.9 cm³/mol. The number of hydrogen-bond donors (Lipinski definition) is 1. The van der Waals surface area contributed by atoms with Gasteiger partial charge in [0.25, 0.3) is 0 Å². The van der Waals surface area contributed by atoms with Gasteiger partial charge in [0.15, 0.2) is 0 Å². The van der Waals surface area contributed by atoms with E-state index >= 15 is 0 Å². The molecular formula is C11H7BrCl2N4O2. The average molecular weight is 378 g/mol. The summed E-state index contributed by atoms with van der Waals surface area (Å²) < 4.78 is 0.719. The van der Waals surface area contributed by atoms with Gasteiger partial charge >= 0.3 is 5.69 Å². The van der Waals surface area contributed by atoms with Crippen molar-refractivity contribution in [3.05, 3.63) is 48.8 Å². The highest BCUT2D eigenvalue weighted by atomic mass is 79.9. The quantitative estimate of drug-likeness (QED) is 0.483. The molecule has 0 aliphatic heterocycles. The third-order valence-corrected chi connectivity index (χ3v) is 3.80. The molecule has 0 radical (unpaired) electrons. The SMILES string of the molecule is Cc1nc(Cl)nc(Nc2ccc(Br)c(Cl)c2)c1[N+](=O)[O-]. The van der Waals surface area contributed by atoms with Crippen LogP contribution in [0.1, 0.15) is 5.69 Å². The van der Waals surface area contributed by atoms with Gasteiger partial charge in [0, 0.05) is 10.2 Å². The minimum Gasteiger partial charge on any atom is -0.334 e. The molecule has 9 heteroatoms. The van der Waals surface area contributed by atoms with Gasteiger partial charge in [0.1, 0.15) is 5.69 Å². The summed E-state index contributed by atoms with van der Waals surface area (Å²) in [5.41, 5.74) is 0.504. The molecular weight excluding hydrogens is 371 g/mol. The van der Waals surface area contributed by atoms with Crippen LogP contribution >= 0.6 is 39.1 Å². The molecule has 0 aliphatic rings. The van der Waals surface area contributed by atoms with E-state index in [0.29, 0.717) is 10.7 Å². The van der Waals surface area contributed by atoms with E-state index in [1.54, 1.807) is 18.2 Å². The Morgan fingerprint density at radius 1 is 1.35 bits per heavy atom. The Morgan fingerprint density at radius 2 is 2.05 bits per heavy atom. The van der Waals surface area contributed by atoms with Crippen molar-refractivity contribution in [2.75, 3.05) is 5.32 Å². The number of anilines is 2. The third kappa shape index (κ3) is 3.17. The number of nitrogens with one attached hydrogen (secondary N) is 1. The number of halogens is 3. The van der Waals surface area contributed by atoms with E-state index in [2.05, 4.69) is 31.2 Å². The highest BCUT2D eigenvalue weighted by Crippen LogP contribution is 2.31. The highest BCUT2D eigenvalue weighted by Gasteiger charge is 2.21. The minimum atomic E-state index is -0.561. The standard InChI is InChI=1S/C11H7BrCl2N4O2/c1-5-9(18(19)20)10(17-11(14)15-5)16-6-2-3-7(12)8(13)4-6/h2-4H,1H3,(H,15,16,17). The highest BCUT2D eigenvalue weighted by molar-refractivity contribution is 9.10.